The molecule has 0 aliphatic heterocycles. The molecule has 0 saturated carbocycles. The normalized spacial score (nSPS) is 10.7. The zero-order valence-electron chi connectivity index (χ0n) is 11.2. The Balaban J connectivity index is 2.07. The van der Waals surface area contributed by atoms with Crippen LogP contribution in [0.5, 0.6) is 0 Å². The molecule has 0 aliphatic rings. The Hall–Kier alpha value is -2.27. The topological polar surface area (TPSA) is 54.9 Å². The maximum atomic E-state index is 11.2. The lowest BCUT2D eigenvalue weighted by Gasteiger charge is -2.07. The summed E-state index contributed by atoms with van der Waals surface area (Å²) in [4.78, 5) is 21.0. The van der Waals surface area contributed by atoms with E-state index in [9.17, 15) is 4.79 Å². The van der Waals surface area contributed by atoms with Gasteiger partial charge in [-0.25, -0.2) is 9.97 Å². The number of pyridine rings is 1. The van der Waals surface area contributed by atoms with Crippen LogP contribution in [-0.4, -0.2) is 15.9 Å². The second-order valence-corrected chi connectivity index (χ2v) is 5.54. The molecule has 0 fully saturated rings. The summed E-state index contributed by atoms with van der Waals surface area (Å²) >= 11 is 1.55. The molecule has 0 aliphatic carbocycles. The first-order valence-electron chi connectivity index (χ1n) is 6.23. The van der Waals surface area contributed by atoms with E-state index in [-0.39, 0.29) is 5.91 Å². The second kappa shape index (κ2) is 5.02. The fraction of sp³-hybridized carbons (Fsp3) is 0.133. The number of benzene rings is 1. The summed E-state index contributed by atoms with van der Waals surface area (Å²) in [5.41, 5.74) is 3.74. The second-order valence-electron chi connectivity index (χ2n) is 4.56. The molecule has 0 bridgehead atoms. The summed E-state index contributed by atoms with van der Waals surface area (Å²) in [6.45, 7) is 3.47. The fourth-order valence-electron chi connectivity index (χ4n) is 1.97. The predicted octanol–water partition coefficient (Wildman–Crippen LogP) is 3.63. The van der Waals surface area contributed by atoms with Crippen LogP contribution >= 0.6 is 11.3 Å². The average Bonchev–Trinajstić information content (AvgIpc) is 2.84. The number of hydrogen-bond acceptors (Lipinski definition) is 4. The van der Waals surface area contributed by atoms with Crippen LogP contribution < -0.4 is 5.32 Å². The largest absolute Gasteiger partial charge is 0.326 e. The number of rotatable bonds is 2. The fourth-order valence-corrected chi connectivity index (χ4v) is 2.88. The number of aromatic nitrogens is 2. The molecule has 3 rings (SSSR count). The van der Waals surface area contributed by atoms with Gasteiger partial charge in [0.2, 0.25) is 5.91 Å². The summed E-state index contributed by atoms with van der Waals surface area (Å²) in [5.74, 6) is -0.0729. The number of aryl methyl sites for hydroxylation is 1. The standard InChI is InChI=1S/C15H13N3OS/c1-9-5-6-11(8-13(9)17-10(2)19)14-18-12-4-3-7-16-15(12)20-14/h3-8H,1-2H3,(H,17,19). The van der Waals surface area contributed by atoms with Crippen LogP contribution in [0.2, 0.25) is 0 Å². The van der Waals surface area contributed by atoms with E-state index in [1.165, 1.54) is 6.92 Å². The molecular formula is C15H13N3OS. The van der Waals surface area contributed by atoms with E-state index >= 15 is 0 Å². The molecule has 2 aromatic heterocycles. The molecule has 1 aromatic carbocycles. The molecule has 100 valence electrons. The van der Waals surface area contributed by atoms with E-state index in [0.717, 1.165) is 32.2 Å². The third kappa shape index (κ3) is 2.40. The van der Waals surface area contributed by atoms with Crippen molar-refractivity contribution >= 4 is 33.3 Å². The molecule has 1 N–H and O–H groups in total. The molecular weight excluding hydrogens is 270 g/mol. The highest BCUT2D eigenvalue weighted by molar-refractivity contribution is 7.21. The van der Waals surface area contributed by atoms with E-state index in [1.54, 1.807) is 17.5 Å². The van der Waals surface area contributed by atoms with Crippen LogP contribution in [-0.2, 0) is 4.79 Å². The van der Waals surface area contributed by atoms with Crippen molar-refractivity contribution in [3.05, 3.63) is 42.1 Å². The molecule has 1 amide bonds. The summed E-state index contributed by atoms with van der Waals surface area (Å²) in [7, 11) is 0. The van der Waals surface area contributed by atoms with Crippen molar-refractivity contribution in [2.75, 3.05) is 5.32 Å². The lowest BCUT2D eigenvalue weighted by Crippen LogP contribution is -2.07. The summed E-state index contributed by atoms with van der Waals surface area (Å²) in [5, 5.41) is 3.75. The van der Waals surface area contributed by atoms with Crippen LogP contribution in [0.4, 0.5) is 5.69 Å². The van der Waals surface area contributed by atoms with Gasteiger partial charge in [0.15, 0.2) is 0 Å². The molecule has 3 aromatic rings. The first-order valence-corrected chi connectivity index (χ1v) is 7.05. The number of anilines is 1. The Kier molecular flexibility index (Phi) is 3.20. The Bertz CT molecular complexity index is 762. The van der Waals surface area contributed by atoms with Crippen molar-refractivity contribution in [1.82, 2.24) is 9.97 Å². The highest BCUT2D eigenvalue weighted by Crippen LogP contribution is 2.31. The van der Waals surface area contributed by atoms with Gasteiger partial charge in [-0.1, -0.05) is 23.5 Å². The number of nitrogens with zero attached hydrogens (tertiary/aromatic N) is 2. The molecule has 0 saturated heterocycles. The van der Waals surface area contributed by atoms with Gasteiger partial charge >= 0.3 is 0 Å². The third-order valence-corrected chi connectivity index (χ3v) is 3.99. The Labute approximate surface area is 120 Å². The molecule has 0 atom stereocenters. The van der Waals surface area contributed by atoms with Gasteiger partial charge in [-0.05, 0) is 30.7 Å². The maximum Gasteiger partial charge on any atom is 0.221 e. The Morgan fingerprint density at radius 1 is 1.30 bits per heavy atom. The lowest BCUT2D eigenvalue weighted by atomic mass is 10.1. The quantitative estimate of drug-likeness (QED) is 0.781. The number of carbonyl (C=O) groups excluding carboxylic acids is 1. The minimum absolute atomic E-state index is 0.0729. The van der Waals surface area contributed by atoms with Crippen molar-refractivity contribution < 1.29 is 4.79 Å². The molecule has 5 heteroatoms. The van der Waals surface area contributed by atoms with Gasteiger partial charge in [-0.3, -0.25) is 4.79 Å². The summed E-state index contributed by atoms with van der Waals surface area (Å²) in [6.07, 6.45) is 1.77. The predicted molar refractivity (Wildman–Crippen MR) is 81.9 cm³/mol. The Morgan fingerprint density at radius 3 is 2.90 bits per heavy atom. The van der Waals surface area contributed by atoms with Gasteiger partial charge in [0.1, 0.15) is 15.4 Å². The highest BCUT2D eigenvalue weighted by Gasteiger charge is 2.09. The van der Waals surface area contributed by atoms with E-state index in [0.29, 0.717) is 0 Å². The monoisotopic (exact) mass is 283 g/mol. The number of fused-ring (bicyclic) bond motifs is 1. The molecule has 4 nitrogen and oxygen atoms in total. The van der Waals surface area contributed by atoms with Crippen molar-refractivity contribution in [1.29, 1.82) is 0 Å². The minimum atomic E-state index is -0.0729. The van der Waals surface area contributed by atoms with Crippen molar-refractivity contribution in [3.8, 4) is 10.6 Å². The number of hydrogen-bond donors (Lipinski definition) is 1. The van der Waals surface area contributed by atoms with Gasteiger partial charge in [-0.15, -0.1) is 0 Å². The molecule has 20 heavy (non-hydrogen) atoms. The average molecular weight is 283 g/mol. The maximum absolute atomic E-state index is 11.2. The zero-order valence-corrected chi connectivity index (χ0v) is 12.0. The van der Waals surface area contributed by atoms with E-state index in [2.05, 4.69) is 15.3 Å². The van der Waals surface area contributed by atoms with Crippen LogP contribution in [0.1, 0.15) is 12.5 Å². The molecule has 2 heterocycles. The van der Waals surface area contributed by atoms with Crippen LogP contribution in [0, 0.1) is 6.92 Å². The summed E-state index contributed by atoms with van der Waals surface area (Å²) < 4.78 is 0. The van der Waals surface area contributed by atoms with Gasteiger partial charge in [0.05, 0.1) is 0 Å². The number of thiazole rings is 1. The van der Waals surface area contributed by atoms with E-state index in [1.807, 2.05) is 37.3 Å². The highest BCUT2D eigenvalue weighted by atomic mass is 32.1. The van der Waals surface area contributed by atoms with Gasteiger partial charge in [0, 0.05) is 24.4 Å². The molecule has 0 radical (unpaired) electrons. The van der Waals surface area contributed by atoms with Gasteiger partial charge in [0.25, 0.3) is 0 Å². The van der Waals surface area contributed by atoms with Crippen LogP contribution in [0.25, 0.3) is 20.9 Å². The third-order valence-electron chi connectivity index (χ3n) is 2.96. The van der Waals surface area contributed by atoms with Gasteiger partial charge in [-0.2, -0.15) is 0 Å². The number of nitrogens with one attached hydrogen (secondary N) is 1. The van der Waals surface area contributed by atoms with Crippen molar-refractivity contribution in [3.63, 3.8) is 0 Å². The van der Waals surface area contributed by atoms with Crippen molar-refractivity contribution in [2.24, 2.45) is 0 Å². The number of amides is 1. The van der Waals surface area contributed by atoms with E-state index in [4.69, 9.17) is 0 Å². The molecule has 0 spiro atoms. The molecule has 0 unspecified atom stereocenters. The minimum Gasteiger partial charge on any atom is -0.326 e. The smallest absolute Gasteiger partial charge is 0.221 e. The first-order chi connectivity index (χ1) is 9.63. The zero-order chi connectivity index (χ0) is 14.1. The Morgan fingerprint density at radius 2 is 2.15 bits per heavy atom. The van der Waals surface area contributed by atoms with Crippen LogP contribution in [0.15, 0.2) is 36.5 Å². The summed E-state index contributed by atoms with van der Waals surface area (Å²) in [6, 6.07) is 9.78. The SMILES string of the molecule is CC(=O)Nc1cc(-c2nc3cccnc3s2)ccc1C. The van der Waals surface area contributed by atoms with Crippen molar-refractivity contribution in [2.45, 2.75) is 13.8 Å². The lowest BCUT2D eigenvalue weighted by molar-refractivity contribution is -0.114. The number of carbonyl (C=O) groups is 1. The van der Waals surface area contributed by atoms with E-state index < -0.39 is 0 Å². The van der Waals surface area contributed by atoms with Crippen LogP contribution in [0.3, 0.4) is 0 Å². The van der Waals surface area contributed by atoms with Gasteiger partial charge < -0.3 is 5.32 Å². The first kappa shape index (κ1) is 12.7.